The molecule has 1 aromatic carbocycles. The Labute approximate surface area is 127 Å². The lowest BCUT2D eigenvalue weighted by atomic mass is 9.82. The molecule has 1 saturated carbocycles. The summed E-state index contributed by atoms with van der Waals surface area (Å²) in [5.74, 6) is -2.26. The summed E-state index contributed by atoms with van der Waals surface area (Å²) in [6.45, 7) is 1.83. The van der Waals surface area contributed by atoms with Gasteiger partial charge in [0.1, 0.15) is 0 Å². The minimum absolute atomic E-state index is 0.0237. The van der Waals surface area contributed by atoms with Crippen molar-refractivity contribution in [2.75, 3.05) is 5.32 Å². The number of carboxylic acid groups (broad SMARTS) is 1. The number of carbonyl (C=O) groups excluding carboxylic acids is 1. The predicted molar refractivity (Wildman–Crippen MR) is 80.2 cm³/mol. The van der Waals surface area contributed by atoms with Gasteiger partial charge in [-0.2, -0.15) is 0 Å². The lowest BCUT2D eigenvalue weighted by Gasteiger charge is -2.24. The molecule has 0 aliphatic heterocycles. The first-order valence-corrected chi connectivity index (χ1v) is 7.34. The number of carboxylic acids is 1. The van der Waals surface area contributed by atoms with Crippen molar-refractivity contribution in [3.63, 3.8) is 0 Å². The summed E-state index contributed by atoms with van der Waals surface area (Å²) in [6, 6.07) is 5.30. The van der Waals surface area contributed by atoms with Gasteiger partial charge in [-0.05, 0) is 42.9 Å². The van der Waals surface area contributed by atoms with Crippen LogP contribution >= 0.6 is 11.6 Å². The normalized spacial score (nSPS) is 29.6. The molecule has 110 valence electrons. The number of hydrogen-bond donors (Lipinski definition) is 2. The Bertz CT molecular complexity index is 640. The second-order valence-corrected chi connectivity index (χ2v) is 6.15. The minimum Gasteiger partial charge on any atom is -0.481 e. The van der Waals surface area contributed by atoms with Crippen molar-refractivity contribution in [3.8, 4) is 0 Å². The lowest BCUT2D eigenvalue weighted by Crippen LogP contribution is -2.36. The fourth-order valence-electron chi connectivity index (χ4n) is 3.48. The summed E-state index contributed by atoms with van der Waals surface area (Å²) in [6.07, 6.45) is 4.65. The van der Waals surface area contributed by atoms with E-state index in [1.807, 2.05) is 19.1 Å². The fourth-order valence-corrected chi connectivity index (χ4v) is 3.65. The molecule has 5 heteroatoms. The monoisotopic (exact) mass is 305 g/mol. The number of hydrogen-bond acceptors (Lipinski definition) is 2. The van der Waals surface area contributed by atoms with Crippen molar-refractivity contribution in [3.05, 3.63) is 40.9 Å². The van der Waals surface area contributed by atoms with Crippen LogP contribution in [0, 0.1) is 30.6 Å². The Balaban J connectivity index is 1.84. The maximum Gasteiger partial charge on any atom is 0.307 e. The van der Waals surface area contributed by atoms with E-state index >= 15 is 0 Å². The molecule has 0 unspecified atom stereocenters. The van der Waals surface area contributed by atoms with Gasteiger partial charge in [0.05, 0.1) is 11.8 Å². The minimum atomic E-state index is -0.894. The SMILES string of the molecule is Cc1c(Cl)cccc1NC(=O)[C@H]1[C@@H](C(=O)O)[C@H]2C=C[C@@H]1C2. The molecule has 0 spiro atoms. The first-order chi connectivity index (χ1) is 9.99. The van der Waals surface area contributed by atoms with E-state index in [4.69, 9.17) is 11.6 Å². The molecule has 1 amide bonds. The molecule has 4 nitrogen and oxygen atoms in total. The number of anilines is 1. The van der Waals surface area contributed by atoms with Crippen LogP contribution in [0.15, 0.2) is 30.4 Å². The third-order valence-electron chi connectivity index (χ3n) is 4.57. The van der Waals surface area contributed by atoms with Crippen LogP contribution in [-0.2, 0) is 9.59 Å². The van der Waals surface area contributed by atoms with Crippen LogP contribution in [-0.4, -0.2) is 17.0 Å². The van der Waals surface area contributed by atoms with Gasteiger partial charge < -0.3 is 10.4 Å². The van der Waals surface area contributed by atoms with Crippen LogP contribution < -0.4 is 5.32 Å². The largest absolute Gasteiger partial charge is 0.481 e. The summed E-state index contributed by atoms with van der Waals surface area (Å²) < 4.78 is 0. The highest BCUT2D eigenvalue weighted by atomic mass is 35.5. The number of allylic oxidation sites excluding steroid dienone is 2. The third kappa shape index (κ3) is 2.33. The van der Waals surface area contributed by atoms with Crippen LogP contribution in [0.4, 0.5) is 5.69 Å². The zero-order chi connectivity index (χ0) is 15.1. The predicted octanol–water partition coefficient (Wildman–Crippen LogP) is 3.11. The Morgan fingerprint density at radius 2 is 1.90 bits per heavy atom. The number of fused-ring (bicyclic) bond motifs is 2. The average molecular weight is 306 g/mol. The van der Waals surface area contributed by atoms with E-state index in [2.05, 4.69) is 5.32 Å². The van der Waals surface area contributed by atoms with Crippen molar-refractivity contribution >= 4 is 29.2 Å². The smallest absolute Gasteiger partial charge is 0.307 e. The number of benzene rings is 1. The lowest BCUT2D eigenvalue weighted by molar-refractivity contribution is -0.146. The number of aliphatic carboxylic acids is 1. The molecule has 1 fully saturated rings. The first kappa shape index (κ1) is 14.1. The fraction of sp³-hybridized carbons (Fsp3) is 0.375. The van der Waals surface area contributed by atoms with E-state index in [-0.39, 0.29) is 17.7 Å². The van der Waals surface area contributed by atoms with Crippen molar-refractivity contribution < 1.29 is 14.7 Å². The quantitative estimate of drug-likeness (QED) is 0.843. The molecule has 2 bridgehead atoms. The third-order valence-corrected chi connectivity index (χ3v) is 4.98. The standard InChI is InChI=1S/C16H16ClNO3/c1-8-11(17)3-2-4-12(8)18-15(19)13-9-5-6-10(7-9)14(13)16(20)21/h2-6,9-10,13-14H,7H2,1H3,(H,18,19)(H,20,21)/t9-,10+,13-,14+/m1/s1. The topological polar surface area (TPSA) is 66.4 Å². The molecule has 2 N–H and O–H groups in total. The highest BCUT2D eigenvalue weighted by molar-refractivity contribution is 6.31. The number of nitrogens with one attached hydrogen (secondary N) is 1. The highest BCUT2D eigenvalue weighted by Crippen LogP contribution is 2.48. The first-order valence-electron chi connectivity index (χ1n) is 6.96. The summed E-state index contributed by atoms with van der Waals surface area (Å²) in [7, 11) is 0. The molecule has 2 aliphatic carbocycles. The van der Waals surface area contributed by atoms with Gasteiger partial charge in [0.25, 0.3) is 0 Å². The van der Waals surface area contributed by atoms with E-state index in [1.54, 1.807) is 18.2 Å². The molecule has 1 aromatic rings. The second-order valence-electron chi connectivity index (χ2n) is 5.74. The van der Waals surface area contributed by atoms with Crippen LogP contribution in [0.5, 0.6) is 0 Å². The number of carbonyl (C=O) groups is 2. The summed E-state index contributed by atoms with van der Waals surface area (Å²) >= 11 is 6.04. The molecule has 21 heavy (non-hydrogen) atoms. The number of rotatable bonds is 3. The zero-order valence-electron chi connectivity index (χ0n) is 11.5. The molecule has 0 radical (unpaired) electrons. The van der Waals surface area contributed by atoms with Gasteiger partial charge in [-0.1, -0.05) is 29.8 Å². The van der Waals surface area contributed by atoms with E-state index in [0.717, 1.165) is 12.0 Å². The Kier molecular flexibility index (Phi) is 3.49. The summed E-state index contributed by atoms with van der Waals surface area (Å²) in [5, 5.41) is 12.8. The molecule has 0 saturated heterocycles. The molecule has 0 heterocycles. The molecular formula is C16H16ClNO3. The van der Waals surface area contributed by atoms with Gasteiger partial charge >= 0.3 is 5.97 Å². The van der Waals surface area contributed by atoms with E-state index in [1.165, 1.54) is 0 Å². The van der Waals surface area contributed by atoms with E-state index in [9.17, 15) is 14.7 Å². The van der Waals surface area contributed by atoms with Crippen LogP contribution in [0.1, 0.15) is 12.0 Å². The molecular weight excluding hydrogens is 290 g/mol. The Morgan fingerprint density at radius 3 is 2.57 bits per heavy atom. The number of halogens is 1. The van der Waals surface area contributed by atoms with Gasteiger partial charge in [0.2, 0.25) is 5.91 Å². The van der Waals surface area contributed by atoms with Gasteiger partial charge in [-0.15, -0.1) is 0 Å². The zero-order valence-corrected chi connectivity index (χ0v) is 12.3. The maximum absolute atomic E-state index is 12.5. The molecule has 2 aliphatic rings. The Hall–Kier alpha value is -1.81. The molecule has 4 atom stereocenters. The van der Waals surface area contributed by atoms with Crippen LogP contribution in [0.3, 0.4) is 0 Å². The van der Waals surface area contributed by atoms with Crippen LogP contribution in [0.25, 0.3) is 0 Å². The van der Waals surface area contributed by atoms with Crippen molar-refractivity contribution in [2.24, 2.45) is 23.7 Å². The van der Waals surface area contributed by atoms with E-state index < -0.39 is 17.8 Å². The van der Waals surface area contributed by atoms with Crippen LogP contribution in [0.2, 0.25) is 5.02 Å². The van der Waals surface area contributed by atoms with Gasteiger partial charge in [-0.3, -0.25) is 9.59 Å². The van der Waals surface area contributed by atoms with E-state index in [0.29, 0.717) is 10.7 Å². The van der Waals surface area contributed by atoms with Gasteiger partial charge in [0, 0.05) is 10.7 Å². The van der Waals surface area contributed by atoms with Gasteiger partial charge in [0.15, 0.2) is 0 Å². The van der Waals surface area contributed by atoms with Crippen molar-refractivity contribution in [1.29, 1.82) is 0 Å². The molecule has 3 rings (SSSR count). The highest BCUT2D eigenvalue weighted by Gasteiger charge is 2.51. The molecule has 0 aromatic heterocycles. The second kappa shape index (κ2) is 5.19. The number of amides is 1. The Morgan fingerprint density at radius 1 is 1.24 bits per heavy atom. The summed E-state index contributed by atoms with van der Waals surface area (Å²) in [5.41, 5.74) is 1.43. The summed E-state index contributed by atoms with van der Waals surface area (Å²) in [4.78, 5) is 24.0. The maximum atomic E-state index is 12.5. The van der Waals surface area contributed by atoms with Crippen molar-refractivity contribution in [1.82, 2.24) is 0 Å². The van der Waals surface area contributed by atoms with Crippen molar-refractivity contribution in [2.45, 2.75) is 13.3 Å². The van der Waals surface area contributed by atoms with Gasteiger partial charge in [-0.25, -0.2) is 0 Å². The average Bonchev–Trinajstić information content (AvgIpc) is 3.04.